The van der Waals surface area contributed by atoms with Crippen molar-refractivity contribution >= 4 is 7.37 Å². The Balaban J connectivity index is 0.00000105. The molecule has 0 saturated heterocycles. The van der Waals surface area contributed by atoms with E-state index in [1.165, 1.54) is 6.42 Å². The number of phenolic OH excluding ortho intramolecular Hbond substituents is 1. The second-order valence-electron chi connectivity index (χ2n) is 9.23. The van der Waals surface area contributed by atoms with Crippen molar-refractivity contribution in [3.8, 4) is 11.5 Å². The Morgan fingerprint density at radius 1 is 0.867 bits per heavy atom. The summed E-state index contributed by atoms with van der Waals surface area (Å²) in [6.45, 7) is 20.5. The van der Waals surface area contributed by atoms with E-state index in [4.69, 9.17) is 4.52 Å². The average molecular weight is 435 g/mol. The fourth-order valence-corrected chi connectivity index (χ4v) is 3.04. The predicted molar refractivity (Wildman–Crippen MR) is 132 cm³/mol. The molecule has 0 aliphatic rings. The van der Waals surface area contributed by atoms with Crippen LogP contribution in [0.1, 0.15) is 79.9 Å². The van der Waals surface area contributed by atoms with Crippen molar-refractivity contribution in [1.82, 2.24) is 0 Å². The van der Waals surface area contributed by atoms with Crippen molar-refractivity contribution in [3.05, 3.63) is 59.7 Å². The molecule has 0 aliphatic carbocycles. The molecule has 2 aromatic rings. The summed E-state index contributed by atoms with van der Waals surface area (Å²) in [6.07, 6.45) is 1.25. The van der Waals surface area contributed by atoms with E-state index in [2.05, 4.69) is 48.5 Å². The molecule has 0 fully saturated rings. The summed E-state index contributed by atoms with van der Waals surface area (Å²) in [5.74, 6) is 1.73. The Kier molecular flexibility index (Phi) is 12.1. The van der Waals surface area contributed by atoms with Gasteiger partial charge >= 0.3 is 0 Å². The fourth-order valence-electron chi connectivity index (χ4n) is 2.29. The summed E-state index contributed by atoms with van der Waals surface area (Å²) in [6, 6.07) is 15.0. The van der Waals surface area contributed by atoms with E-state index in [-0.39, 0.29) is 16.8 Å². The van der Waals surface area contributed by atoms with Crippen molar-refractivity contribution in [2.24, 2.45) is 5.92 Å². The Labute approximate surface area is 185 Å². The lowest BCUT2D eigenvalue weighted by molar-refractivity contribution is 0.474. The topological polar surface area (TPSA) is 46.5 Å². The maximum Gasteiger partial charge on any atom is 0.247 e. The Bertz CT molecular complexity index is 757. The van der Waals surface area contributed by atoms with Crippen molar-refractivity contribution in [2.45, 2.75) is 79.8 Å². The third kappa shape index (κ3) is 9.85. The monoisotopic (exact) mass is 434 g/mol. The van der Waals surface area contributed by atoms with Crippen LogP contribution in [0, 0.1) is 5.92 Å². The van der Waals surface area contributed by atoms with Crippen molar-refractivity contribution in [3.63, 3.8) is 0 Å². The van der Waals surface area contributed by atoms with Gasteiger partial charge in [-0.1, -0.05) is 93.0 Å². The maximum atomic E-state index is 12.4. The second-order valence-corrected chi connectivity index (χ2v) is 12.3. The number of aromatic hydroxyl groups is 1. The van der Waals surface area contributed by atoms with Gasteiger partial charge in [0.05, 0.1) is 0 Å². The number of hydrogen-bond acceptors (Lipinski definition) is 3. The summed E-state index contributed by atoms with van der Waals surface area (Å²) in [5, 5.41) is 9.44. The molecule has 4 heteroatoms. The van der Waals surface area contributed by atoms with Crippen LogP contribution in [-0.4, -0.2) is 17.4 Å². The van der Waals surface area contributed by atoms with Crippen LogP contribution < -0.4 is 4.52 Å². The number of benzene rings is 2. The molecule has 3 nitrogen and oxygen atoms in total. The largest absolute Gasteiger partial charge is 0.508 e. The minimum Gasteiger partial charge on any atom is -0.508 e. The first-order valence-corrected chi connectivity index (χ1v) is 13.1. The highest BCUT2D eigenvalue weighted by molar-refractivity contribution is 7.59. The van der Waals surface area contributed by atoms with Gasteiger partial charge in [-0.25, -0.2) is 0 Å². The summed E-state index contributed by atoms with van der Waals surface area (Å²) in [4.78, 5) is 0. The molecule has 0 aliphatic heterocycles. The molecule has 0 aromatic heterocycles. The van der Waals surface area contributed by atoms with Gasteiger partial charge in [0.15, 0.2) is 0 Å². The lowest BCUT2D eigenvalue weighted by atomic mass is 9.78. The highest BCUT2D eigenvalue weighted by atomic mass is 31.2. The quantitative estimate of drug-likeness (QED) is 0.480. The molecule has 1 unspecified atom stereocenters. The standard InChI is InChI=1S/C19H25O3P.C4H10.C3H8/c1-14(2)23(5,21)22-18-12-8-16(9-13-18)19(3,4)15-6-10-17(20)11-7-15;1-4(2)3;1-3-2/h6-14,20H,1-5H3;4H,1-3H3;3H2,1-2H3. The molecule has 0 saturated carbocycles. The van der Waals surface area contributed by atoms with Gasteiger partial charge in [0.1, 0.15) is 11.5 Å². The lowest BCUT2D eigenvalue weighted by Crippen LogP contribution is -2.18. The Morgan fingerprint density at radius 3 is 1.53 bits per heavy atom. The van der Waals surface area contributed by atoms with Gasteiger partial charge in [-0.3, -0.25) is 4.57 Å². The first-order valence-electron chi connectivity index (χ1n) is 10.9. The molecule has 1 atom stereocenters. The molecular formula is C26H43O3P. The maximum absolute atomic E-state index is 12.4. The predicted octanol–water partition coefficient (Wildman–Crippen LogP) is 8.49. The molecular weight excluding hydrogens is 391 g/mol. The van der Waals surface area contributed by atoms with Crippen LogP contribution in [0.15, 0.2) is 48.5 Å². The van der Waals surface area contributed by atoms with Crippen molar-refractivity contribution in [2.75, 3.05) is 6.66 Å². The molecule has 30 heavy (non-hydrogen) atoms. The zero-order valence-corrected chi connectivity index (χ0v) is 21.6. The van der Waals surface area contributed by atoms with Gasteiger partial charge in [-0.05, 0) is 41.3 Å². The zero-order chi connectivity index (χ0) is 23.5. The molecule has 2 rings (SSSR count). The van der Waals surface area contributed by atoms with Gasteiger partial charge in [0.25, 0.3) is 0 Å². The SMILES string of the molecule is CC(C)C.CC(C)P(C)(=O)Oc1ccc(C(C)(C)c2ccc(O)cc2)cc1.CCC. The number of rotatable bonds is 5. The summed E-state index contributed by atoms with van der Waals surface area (Å²) >= 11 is 0. The van der Waals surface area contributed by atoms with Crippen molar-refractivity contribution in [1.29, 1.82) is 0 Å². The third-order valence-corrected chi connectivity index (χ3v) is 6.84. The minimum absolute atomic E-state index is 0.00406. The summed E-state index contributed by atoms with van der Waals surface area (Å²) in [5.41, 5.74) is 2.05. The molecule has 0 heterocycles. The second kappa shape index (κ2) is 12.8. The van der Waals surface area contributed by atoms with E-state index in [9.17, 15) is 9.67 Å². The van der Waals surface area contributed by atoms with E-state index in [0.717, 1.165) is 17.0 Å². The first kappa shape index (κ1) is 28.3. The van der Waals surface area contributed by atoms with Gasteiger partial charge in [-0.15, -0.1) is 0 Å². The van der Waals surface area contributed by atoms with Crippen molar-refractivity contribution < 1.29 is 14.2 Å². The lowest BCUT2D eigenvalue weighted by Gasteiger charge is -2.26. The van der Waals surface area contributed by atoms with Gasteiger partial charge in [0, 0.05) is 17.7 Å². The average Bonchev–Trinajstić information content (AvgIpc) is 2.62. The highest BCUT2D eigenvalue weighted by Crippen LogP contribution is 2.48. The minimum atomic E-state index is -2.63. The molecule has 2 aromatic carbocycles. The van der Waals surface area contributed by atoms with Gasteiger partial charge in [0.2, 0.25) is 7.37 Å². The molecule has 0 amide bonds. The highest BCUT2D eigenvalue weighted by Gasteiger charge is 2.25. The van der Waals surface area contributed by atoms with E-state index in [1.54, 1.807) is 18.8 Å². The Morgan fingerprint density at radius 2 is 1.20 bits per heavy atom. The van der Waals surface area contributed by atoms with Crippen LogP contribution in [0.25, 0.3) is 0 Å². The van der Waals surface area contributed by atoms with Crippen LogP contribution in [0.3, 0.4) is 0 Å². The van der Waals surface area contributed by atoms with Crippen LogP contribution >= 0.6 is 7.37 Å². The summed E-state index contributed by atoms with van der Waals surface area (Å²) < 4.78 is 18.0. The molecule has 170 valence electrons. The van der Waals surface area contributed by atoms with Crippen LogP contribution in [0.4, 0.5) is 0 Å². The fraction of sp³-hybridized carbons (Fsp3) is 0.538. The van der Waals surface area contributed by atoms with E-state index < -0.39 is 7.37 Å². The van der Waals surface area contributed by atoms with E-state index >= 15 is 0 Å². The van der Waals surface area contributed by atoms with Crippen LogP contribution in [0.2, 0.25) is 0 Å². The van der Waals surface area contributed by atoms with Gasteiger partial charge < -0.3 is 9.63 Å². The van der Waals surface area contributed by atoms with Crippen LogP contribution in [-0.2, 0) is 9.98 Å². The molecule has 0 radical (unpaired) electrons. The molecule has 0 bridgehead atoms. The third-order valence-electron chi connectivity index (χ3n) is 4.39. The smallest absolute Gasteiger partial charge is 0.247 e. The van der Waals surface area contributed by atoms with Crippen LogP contribution in [0.5, 0.6) is 11.5 Å². The number of hydrogen-bond donors (Lipinski definition) is 1. The molecule has 1 N–H and O–H groups in total. The normalized spacial score (nSPS) is 12.9. The number of phenols is 1. The summed E-state index contributed by atoms with van der Waals surface area (Å²) in [7, 11) is -2.63. The zero-order valence-electron chi connectivity index (χ0n) is 20.7. The van der Waals surface area contributed by atoms with Gasteiger partial charge in [-0.2, -0.15) is 0 Å². The van der Waals surface area contributed by atoms with E-state index in [0.29, 0.717) is 5.75 Å². The van der Waals surface area contributed by atoms with E-state index in [1.807, 2.05) is 50.2 Å². The first-order chi connectivity index (χ1) is 13.8. The molecule has 0 spiro atoms. The Hall–Kier alpha value is -1.73.